The lowest BCUT2D eigenvalue weighted by atomic mass is 9.84. The zero-order chi connectivity index (χ0) is 14.4. The highest BCUT2D eigenvalue weighted by molar-refractivity contribution is 5.27. The average Bonchev–Trinajstić information content (AvgIpc) is 2.49. The average molecular weight is 275 g/mol. The zero-order valence-corrected chi connectivity index (χ0v) is 13.2. The quantitative estimate of drug-likeness (QED) is 0.840. The molecule has 1 saturated carbocycles. The van der Waals surface area contributed by atoms with Gasteiger partial charge in [0.1, 0.15) is 5.75 Å². The molecule has 0 heterocycles. The zero-order valence-electron chi connectivity index (χ0n) is 13.2. The van der Waals surface area contributed by atoms with Crippen molar-refractivity contribution < 1.29 is 4.74 Å². The Morgan fingerprint density at radius 3 is 2.35 bits per heavy atom. The topological polar surface area (TPSA) is 21.3 Å². The van der Waals surface area contributed by atoms with Crippen LogP contribution >= 0.6 is 0 Å². The number of hydrogen-bond donors (Lipinski definition) is 1. The SMILES string of the molecule is COc1ccc(CC(C)N[C@@H](C)C2CCCCC2)cc1. The summed E-state index contributed by atoms with van der Waals surface area (Å²) in [5.41, 5.74) is 1.38. The summed E-state index contributed by atoms with van der Waals surface area (Å²) in [7, 11) is 1.71. The van der Waals surface area contributed by atoms with Crippen LogP contribution in [0.1, 0.15) is 51.5 Å². The van der Waals surface area contributed by atoms with E-state index in [0.29, 0.717) is 12.1 Å². The van der Waals surface area contributed by atoms with Crippen LogP contribution in [0.4, 0.5) is 0 Å². The van der Waals surface area contributed by atoms with Crippen molar-refractivity contribution in [1.82, 2.24) is 5.32 Å². The molecule has 0 spiro atoms. The van der Waals surface area contributed by atoms with Gasteiger partial charge in [-0.3, -0.25) is 0 Å². The lowest BCUT2D eigenvalue weighted by molar-refractivity contribution is 0.267. The summed E-state index contributed by atoms with van der Waals surface area (Å²) in [6, 6.07) is 9.60. The van der Waals surface area contributed by atoms with Crippen LogP contribution in [0.5, 0.6) is 5.75 Å². The molecule has 1 aliphatic carbocycles. The number of rotatable bonds is 6. The van der Waals surface area contributed by atoms with Crippen molar-refractivity contribution in [3.63, 3.8) is 0 Å². The maximum Gasteiger partial charge on any atom is 0.118 e. The predicted octanol–water partition coefficient (Wildman–Crippen LogP) is 4.18. The Morgan fingerprint density at radius 1 is 1.10 bits per heavy atom. The molecule has 112 valence electrons. The molecule has 0 aliphatic heterocycles. The molecule has 1 fully saturated rings. The van der Waals surface area contributed by atoms with Gasteiger partial charge in [0.15, 0.2) is 0 Å². The van der Waals surface area contributed by atoms with Gasteiger partial charge in [0.25, 0.3) is 0 Å². The van der Waals surface area contributed by atoms with E-state index in [1.807, 2.05) is 12.1 Å². The summed E-state index contributed by atoms with van der Waals surface area (Å²) in [5.74, 6) is 1.81. The Morgan fingerprint density at radius 2 is 1.75 bits per heavy atom. The van der Waals surface area contributed by atoms with Gasteiger partial charge in [0.2, 0.25) is 0 Å². The molecule has 2 heteroatoms. The molecular weight excluding hydrogens is 246 g/mol. The van der Waals surface area contributed by atoms with E-state index in [-0.39, 0.29) is 0 Å². The Kier molecular flexibility index (Phi) is 5.90. The van der Waals surface area contributed by atoms with Crippen molar-refractivity contribution in [1.29, 1.82) is 0 Å². The van der Waals surface area contributed by atoms with Crippen LogP contribution in [-0.4, -0.2) is 19.2 Å². The molecule has 2 nitrogen and oxygen atoms in total. The van der Waals surface area contributed by atoms with Crippen LogP contribution in [0.25, 0.3) is 0 Å². The van der Waals surface area contributed by atoms with Crippen molar-refractivity contribution in [3.05, 3.63) is 29.8 Å². The van der Waals surface area contributed by atoms with Crippen molar-refractivity contribution in [2.24, 2.45) is 5.92 Å². The molecule has 0 saturated heterocycles. The fourth-order valence-corrected chi connectivity index (χ4v) is 3.39. The monoisotopic (exact) mass is 275 g/mol. The molecule has 1 aromatic rings. The number of ether oxygens (including phenoxy) is 1. The highest BCUT2D eigenvalue weighted by atomic mass is 16.5. The molecule has 1 aliphatic rings. The van der Waals surface area contributed by atoms with E-state index < -0.39 is 0 Å². The third-order valence-electron chi connectivity index (χ3n) is 4.61. The summed E-state index contributed by atoms with van der Waals surface area (Å²) < 4.78 is 5.20. The van der Waals surface area contributed by atoms with E-state index in [1.165, 1.54) is 37.7 Å². The first-order valence-electron chi connectivity index (χ1n) is 8.08. The highest BCUT2D eigenvalue weighted by Gasteiger charge is 2.21. The van der Waals surface area contributed by atoms with Gasteiger partial charge < -0.3 is 10.1 Å². The second kappa shape index (κ2) is 7.68. The van der Waals surface area contributed by atoms with Crippen LogP contribution in [-0.2, 0) is 6.42 Å². The molecule has 0 radical (unpaired) electrons. The van der Waals surface area contributed by atoms with Crippen LogP contribution in [0.3, 0.4) is 0 Å². The van der Waals surface area contributed by atoms with Gasteiger partial charge in [-0.1, -0.05) is 31.4 Å². The summed E-state index contributed by atoms with van der Waals surface area (Å²) in [5, 5.41) is 3.80. The first-order chi connectivity index (χ1) is 9.69. The Balaban J connectivity index is 1.79. The normalized spacial score (nSPS) is 19.6. The van der Waals surface area contributed by atoms with Gasteiger partial charge in [-0.05, 0) is 56.7 Å². The van der Waals surface area contributed by atoms with E-state index in [1.54, 1.807) is 7.11 Å². The molecule has 1 aromatic carbocycles. The summed E-state index contributed by atoms with van der Waals surface area (Å²) in [4.78, 5) is 0. The van der Waals surface area contributed by atoms with E-state index in [2.05, 4.69) is 31.3 Å². The van der Waals surface area contributed by atoms with Crippen LogP contribution in [0, 0.1) is 5.92 Å². The molecule has 2 rings (SSSR count). The lowest BCUT2D eigenvalue weighted by Crippen LogP contribution is -2.41. The van der Waals surface area contributed by atoms with E-state index in [9.17, 15) is 0 Å². The van der Waals surface area contributed by atoms with Gasteiger partial charge >= 0.3 is 0 Å². The van der Waals surface area contributed by atoms with Gasteiger partial charge in [0, 0.05) is 12.1 Å². The number of nitrogens with one attached hydrogen (secondary N) is 1. The van der Waals surface area contributed by atoms with Crippen molar-refractivity contribution in [2.45, 2.75) is 64.5 Å². The largest absolute Gasteiger partial charge is 0.497 e. The minimum Gasteiger partial charge on any atom is -0.497 e. The molecular formula is C18H29NO. The molecule has 0 aromatic heterocycles. The van der Waals surface area contributed by atoms with Gasteiger partial charge in [0.05, 0.1) is 7.11 Å². The predicted molar refractivity (Wildman–Crippen MR) is 85.3 cm³/mol. The summed E-state index contributed by atoms with van der Waals surface area (Å²) in [6.07, 6.45) is 8.17. The van der Waals surface area contributed by atoms with Crippen molar-refractivity contribution >= 4 is 0 Å². The number of methoxy groups -OCH3 is 1. The number of benzene rings is 1. The van der Waals surface area contributed by atoms with E-state index in [0.717, 1.165) is 18.1 Å². The van der Waals surface area contributed by atoms with Crippen LogP contribution < -0.4 is 10.1 Å². The van der Waals surface area contributed by atoms with E-state index in [4.69, 9.17) is 4.74 Å². The molecule has 0 amide bonds. The third kappa shape index (κ3) is 4.52. The van der Waals surface area contributed by atoms with Gasteiger partial charge in [-0.15, -0.1) is 0 Å². The van der Waals surface area contributed by atoms with Crippen LogP contribution in [0.2, 0.25) is 0 Å². The lowest BCUT2D eigenvalue weighted by Gasteiger charge is -2.30. The molecule has 0 bridgehead atoms. The van der Waals surface area contributed by atoms with E-state index >= 15 is 0 Å². The molecule has 1 N–H and O–H groups in total. The maximum atomic E-state index is 5.20. The maximum absolute atomic E-state index is 5.20. The molecule has 1 unspecified atom stereocenters. The summed E-state index contributed by atoms with van der Waals surface area (Å²) in [6.45, 7) is 4.66. The summed E-state index contributed by atoms with van der Waals surface area (Å²) >= 11 is 0. The van der Waals surface area contributed by atoms with Gasteiger partial charge in [-0.25, -0.2) is 0 Å². The molecule has 20 heavy (non-hydrogen) atoms. The molecule has 2 atom stereocenters. The second-order valence-electron chi connectivity index (χ2n) is 6.31. The Bertz CT molecular complexity index is 381. The minimum absolute atomic E-state index is 0.528. The van der Waals surface area contributed by atoms with Gasteiger partial charge in [-0.2, -0.15) is 0 Å². The van der Waals surface area contributed by atoms with Crippen molar-refractivity contribution in [3.8, 4) is 5.75 Å². The highest BCUT2D eigenvalue weighted by Crippen LogP contribution is 2.26. The fourth-order valence-electron chi connectivity index (χ4n) is 3.39. The van der Waals surface area contributed by atoms with Crippen LogP contribution in [0.15, 0.2) is 24.3 Å². The second-order valence-corrected chi connectivity index (χ2v) is 6.31. The fraction of sp³-hybridized carbons (Fsp3) is 0.667. The van der Waals surface area contributed by atoms with Crippen molar-refractivity contribution in [2.75, 3.05) is 7.11 Å². The smallest absolute Gasteiger partial charge is 0.118 e. The third-order valence-corrected chi connectivity index (χ3v) is 4.61. The Hall–Kier alpha value is -1.02. The Labute approximate surface area is 123 Å². The first kappa shape index (κ1) is 15.4. The minimum atomic E-state index is 0.528. The standard InChI is InChI=1S/C18H29NO/c1-14(13-16-9-11-18(20-3)12-10-16)19-15(2)17-7-5-4-6-8-17/h9-12,14-15,17,19H,4-8,13H2,1-3H3/t14?,15-/m0/s1. The number of hydrogen-bond acceptors (Lipinski definition) is 2. The first-order valence-corrected chi connectivity index (χ1v) is 8.08.